The van der Waals surface area contributed by atoms with Crippen LogP contribution in [0.5, 0.6) is 5.75 Å². The van der Waals surface area contributed by atoms with E-state index >= 15 is 0 Å². The molecule has 1 heteroatoms. The van der Waals surface area contributed by atoms with Gasteiger partial charge in [0.15, 0.2) is 0 Å². The lowest BCUT2D eigenvalue weighted by Gasteiger charge is -2.12. The van der Waals surface area contributed by atoms with Crippen LogP contribution in [0.4, 0.5) is 0 Å². The summed E-state index contributed by atoms with van der Waals surface area (Å²) in [5.41, 5.74) is 7.45. The van der Waals surface area contributed by atoms with Crippen LogP contribution in [0.3, 0.4) is 0 Å². The second kappa shape index (κ2) is 5.77. The molecule has 1 aliphatic rings. The van der Waals surface area contributed by atoms with Crippen molar-refractivity contribution < 1.29 is 4.74 Å². The first-order chi connectivity index (χ1) is 11.3. The summed E-state index contributed by atoms with van der Waals surface area (Å²) in [6, 6.07) is 27.6. The molecule has 23 heavy (non-hydrogen) atoms. The molecular weight excluding hydrogens is 280 g/mol. The zero-order chi connectivity index (χ0) is 15.6. The minimum absolute atomic E-state index is 0.623. The van der Waals surface area contributed by atoms with Gasteiger partial charge in [-0.25, -0.2) is 0 Å². The van der Waals surface area contributed by atoms with Crippen LogP contribution in [0.15, 0.2) is 78.9 Å². The van der Waals surface area contributed by atoms with Gasteiger partial charge >= 0.3 is 0 Å². The fourth-order valence-corrected chi connectivity index (χ4v) is 3.16. The zero-order valence-electron chi connectivity index (χ0n) is 13.1. The predicted molar refractivity (Wildman–Crippen MR) is 95.5 cm³/mol. The van der Waals surface area contributed by atoms with E-state index in [1.54, 1.807) is 0 Å². The maximum atomic E-state index is 5.93. The van der Waals surface area contributed by atoms with Crippen molar-refractivity contribution >= 4 is 11.1 Å². The molecule has 0 saturated heterocycles. The average Bonchev–Trinajstić information content (AvgIpc) is 3.00. The number of aryl methyl sites for hydroxylation is 1. The smallest absolute Gasteiger partial charge is 0.127 e. The van der Waals surface area contributed by atoms with Crippen molar-refractivity contribution in [3.8, 4) is 5.75 Å². The van der Waals surface area contributed by atoms with Gasteiger partial charge in [-0.15, -0.1) is 0 Å². The molecule has 0 spiro atoms. The highest BCUT2D eigenvalue weighted by Crippen LogP contribution is 2.40. The highest BCUT2D eigenvalue weighted by atomic mass is 16.5. The van der Waals surface area contributed by atoms with Gasteiger partial charge < -0.3 is 4.74 Å². The summed E-state index contributed by atoms with van der Waals surface area (Å²) >= 11 is 0. The van der Waals surface area contributed by atoms with E-state index in [4.69, 9.17) is 4.74 Å². The highest BCUT2D eigenvalue weighted by Gasteiger charge is 2.22. The Hall–Kier alpha value is -2.80. The fourth-order valence-electron chi connectivity index (χ4n) is 3.16. The summed E-state index contributed by atoms with van der Waals surface area (Å²) in [6.45, 7) is 2.75. The van der Waals surface area contributed by atoms with Gasteiger partial charge in [-0.3, -0.25) is 0 Å². The molecule has 1 nitrogen and oxygen atoms in total. The standard InChI is InChI=1S/C22H18O/c1-16-12-13-21-19(14-16)20(15-23-21)22(17-8-4-2-5-9-17)18-10-6-3-7-11-18/h2-14H,15H2,1H3. The Morgan fingerprint density at radius 3 is 2.00 bits per heavy atom. The van der Waals surface area contributed by atoms with Crippen molar-refractivity contribution in [3.63, 3.8) is 0 Å². The van der Waals surface area contributed by atoms with Crippen LogP contribution < -0.4 is 4.74 Å². The molecule has 0 aliphatic carbocycles. The van der Waals surface area contributed by atoms with Crippen molar-refractivity contribution in [2.75, 3.05) is 6.61 Å². The van der Waals surface area contributed by atoms with Crippen LogP contribution in [-0.2, 0) is 0 Å². The van der Waals surface area contributed by atoms with Crippen LogP contribution >= 0.6 is 0 Å². The van der Waals surface area contributed by atoms with E-state index in [2.05, 4.69) is 85.8 Å². The maximum absolute atomic E-state index is 5.93. The molecule has 3 aromatic carbocycles. The first-order valence-electron chi connectivity index (χ1n) is 7.91. The molecule has 1 heterocycles. The van der Waals surface area contributed by atoms with Gasteiger partial charge in [0.1, 0.15) is 12.4 Å². The number of ether oxygens (including phenoxy) is 1. The molecule has 1 aliphatic heterocycles. The van der Waals surface area contributed by atoms with Crippen LogP contribution in [-0.4, -0.2) is 6.61 Å². The number of hydrogen-bond acceptors (Lipinski definition) is 1. The number of hydrogen-bond donors (Lipinski definition) is 0. The van der Waals surface area contributed by atoms with Gasteiger partial charge in [0.25, 0.3) is 0 Å². The fraction of sp³-hybridized carbons (Fsp3) is 0.0909. The minimum Gasteiger partial charge on any atom is -0.488 e. The van der Waals surface area contributed by atoms with Crippen LogP contribution in [0.1, 0.15) is 22.3 Å². The lowest BCUT2D eigenvalue weighted by molar-refractivity contribution is 0.388. The molecule has 0 amide bonds. The minimum atomic E-state index is 0.623. The Morgan fingerprint density at radius 2 is 1.39 bits per heavy atom. The monoisotopic (exact) mass is 298 g/mol. The molecular formula is C22H18O. The van der Waals surface area contributed by atoms with E-state index in [0.29, 0.717) is 6.61 Å². The Bertz CT molecular complexity index is 819. The molecule has 4 rings (SSSR count). The summed E-state index contributed by atoms with van der Waals surface area (Å²) in [6.07, 6.45) is 0. The highest BCUT2D eigenvalue weighted by molar-refractivity contribution is 6.01. The Kier molecular flexibility index (Phi) is 3.47. The van der Waals surface area contributed by atoms with Crippen molar-refractivity contribution in [1.82, 2.24) is 0 Å². The van der Waals surface area contributed by atoms with E-state index in [1.165, 1.54) is 33.4 Å². The molecule has 0 bridgehead atoms. The Labute approximate surface area is 136 Å². The topological polar surface area (TPSA) is 9.23 Å². The van der Waals surface area contributed by atoms with Gasteiger partial charge in [-0.2, -0.15) is 0 Å². The van der Waals surface area contributed by atoms with E-state index < -0.39 is 0 Å². The number of fused-ring (bicyclic) bond motifs is 1. The van der Waals surface area contributed by atoms with E-state index in [9.17, 15) is 0 Å². The van der Waals surface area contributed by atoms with Crippen LogP contribution in [0.2, 0.25) is 0 Å². The van der Waals surface area contributed by atoms with Crippen LogP contribution in [0, 0.1) is 6.92 Å². The first-order valence-corrected chi connectivity index (χ1v) is 7.91. The van der Waals surface area contributed by atoms with E-state index in [0.717, 1.165) is 5.75 Å². The average molecular weight is 298 g/mol. The molecule has 3 aromatic rings. The van der Waals surface area contributed by atoms with Crippen molar-refractivity contribution in [3.05, 3.63) is 101 Å². The summed E-state index contributed by atoms with van der Waals surface area (Å²) in [7, 11) is 0. The molecule has 0 aromatic heterocycles. The second-order valence-corrected chi connectivity index (χ2v) is 5.87. The Balaban J connectivity index is 1.99. The summed E-state index contributed by atoms with van der Waals surface area (Å²) in [4.78, 5) is 0. The lowest BCUT2D eigenvalue weighted by Crippen LogP contribution is -1.96. The normalized spacial score (nSPS) is 12.7. The van der Waals surface area contributed by atoms with Crippen molar-refractivity contribution in [2.24, 2.45) is 0 Å². The van der Waals surface area contributed by atoms with Gasteiger partial charge in [0.2, 0.25) is 0 Å². The molecule has 0 atom stereocenters. The van der Waals surface area contributed by atoms with E-state index in [-0.39, 0.29) is 0 Å². The molecule has 0 saturated carbocycles. The number of rotatable bonds is 2. The van der Waals surface area contributed by atoms with Gasteiger partial charge in [0, 0.05) is 11.1 Å². The summed E-state index contributed by atoms with van der Waals surface area (Å²) < 4.78 is 5.93. The molecule has 0 radical (unpaired) electrons. The SMILES string of the molecule is Cc1ccc2c(c1)C(=C(c1ccccc1)c1ccccc1)CO2. The molecule has 112 valence electrons. The third kappa shape index (κ3) is 2.55. The largest absolute Gasteiger partial charge is 0.488 e. The molecule has 0 unspecified atom stereocenters. The van der Waals surface area contributed by atoms with Gasteiger partial charge in [-0.05, 0) is 35.8 Å². The van der Waals surface area contributed by atoms with Crippen molar-refractivity contribution in [2.45, 2.75) is 6.92 Å². The predicted octanol–water partition coefficient (Wildman–Crippen LogP) is 5.35. The third-order valence-corrected chi connectivity index (χ3v) is 4.26. The summed E-state index contributed by atoms with van der Waals surface area (Å²) in [5, 5.41) is 0. The first kappa shape index (κ1) is 13.8. The second-order valence-electron chi connectivity index (χ2n) is 5.87. The zero-order valence-corrected chi connectivity index (χ0v) is 13.1. The van der Waals surface area contributed by atoms with Gasteiger partial charge in [-0.1, -0.05) is 72.3 Å². The molecule has 0 fully saturated rings. The Morgan fingerprint density at radius 1 is 0.783 bits per heavy atom. The van der Waals surface area contributed by atoms with Gasteiger partial charge in [0.05, 0.1) is 0 Å². The quantitative estimate of drug-likeness (QED) is 0.620. The molecule has 0 N–H and O–H groups in total. The lowest BCUT2D eigenvalue weighted by atomic mass is 9.90. The maximum Gasteiger partial charge on any atom is 0.127 e. The third-order valence-electron chi connectivity index (χ3n) is 4.26. The summed E-state index contributed by atoms with van der Waals surface area (Å²) in [5.74, 6) is 0.981. The van der Waals surface area contributed by atoms with Crippen molar-refractivity contribution in [1.29, 1.82) is 0 Å². The van der Waals surface area contributed by atoms with E-state index in [1.807, 2.05) is 0 Å². The number of benzene rings is 3. The van der Waals surface area contributed by atoms with Crippen LogP contribution in [0.25, 0.3) is 11.1 Å².